The van der Waals surface area contributed by atoms with Gasteiger partial charge in [0.05, 0.1) is 6.21 Å². The zero-order valence-corrected chi connectivity index (χ0v) is 14.3. The molecule has 0 aliphatic rings. The average Bonchev–Trinajstić information content (AvgIpc) is 2.45. The number of halogens is 2. The Morgan fingerprint density at radius 2 is 1.95 bits per heavy atom. The first-order valence-electron chi connectivity index (χ1n) is 6.05. The number of rotatable bonds is 3. The molecule has 0 aliphatic carbocycles. The predicted molar refractivity (Wildman–Crippen MR) is 89.7 cm³/mol. The van der Waals surface area contributed by atoms with Crippen molar-refractivity contribution in [3.8, 4) is 5.75 Å². The number of hydrazone groups is 1. The van der Waals surface area contributed by atoms with E-state index in [4.69, 9.17) is 0 Å². The Balaban J connectivity index is 2.08. The van der Waals surface area contributed by atoms with Gasteiger partial charge in [0.1, 0.15) is 5.75 Å². The van der Waals surface area contributed by atoms with E-state index in [1.165, 1.54) is 6.21 Å². The maximum absolute atomic E-state index is 11.9. The van der Waals surface area contributed by atoms with Crippen LogP contribution in [-0.2, 0) is 0 Å². The highest BCUT2D eigenvalue weighted by Gasteiger charge is 2.06. The van der Waals surface area contributed by atoms with E-state index in [0.717, 1.165) is 14.5 Å². The number of carbonyl (C=O) groups is 1. The molecule has 2 N–H and O–H groups in total. The SMILES string of the molecule is Cc1ccc(O)c(/C=N/NC(=O)c2ccc(Br)c(Br)c2)c1. The zero-order chi connectivity index (χ0) is 15.4. The van der Waals surface area contributed by atoms with Gasteiger partial charge in [-0.2, -0.15) is 5.10 Å². The lowest BCUT2D eigenvalue weighted by molar-refractivity contribution is 0.0955. The Hall–Kier alpha value is -1.66. The molecular formula is C15H12Br2N2O2. The monoisotopic (exact) mass is 410 g/mol. The number of phenolic OH excluding ortho intramolecular Hbond substituents is 1. The van der Waals surface area contributed by atoms with Crippen LogP contribution < -0.4 is 5.43 Å². The van der Waals surface area contributed by atoms with Crippen molar-refractivity contribution in [1.29, 1.82) is 0 Å². The van der Waals surface area contributed by atoms with Crippen molar-refractivity contribution in [2.45, 2.75) is 6.92 Å². The average molecular weight is 412 g/mol. The van der Waals surface area contributed by atoms with Crippen LogP contribution in [0.15, 0.2) is 50.4 Å². The van der Waals surface area contributed by atoms with Gasteiger partial charge in [-0.3, -0.25) is 4.79 Å². The van der Waals surface area contributed by atoms with Crippen LogP contribution in [0.2, 0.25) is 0 Å². The first-order chi connectivity index (χ1) is 9.97. The minimum Gasteiger partial charge on any atom is -0.507 e. The molecular weight excluding hydrogens is 400 g/mol. The molecule has 2 aromatic carbocycles. The number of carbonyl (C=O) groups excluding carboxylic acids is 1. The number of hydrogen-bond acceptors (Lipinski definition) is 3. The minimum atomic E-state index is -0.327. The number of nitrogens with one attached hydrogen (secondary N) is 1. The summed E-state index contributed by atoms with van der Waals surface area (Å²) < 4.78 is 1.66. The molecule has 108 valence electrons. The van der Waals surface area contributed by atoms with Gasteiger partial charge in [-0.05, 0) is 69.1 Å². The van der Waals surface area contributed by atoms with E-state index in [-0.39, 0.29) is 11.7 Å². The van der Waals surface area contributed by atoms with Crippen LogP contribution in [0.25, 0.3) is 0 Å². The van der Waals surface area contributed by atoms with Crippen LogP contribution >= 0.6 is 31.9 Å². The maximum Gasteiger partial charge on any atom is 0.271 e. The highest BCUT2D eigenvalue weighted by Crippen LogP contribution is 2.23. The molecule has 2 aromatic rings. The molecule has 0 heterocycles. The Labute approximate surface area is 139 Å². The van der Waals surface area contributed by atoms with Crippen LogP contribution in [0.5, 0.6) is 5.75 Å². The minimum absolute atomic E-state index is 0.116. The van der Waals surface area contributed by atoms with E-state index in [0.29, 0.717) is 11.1 Å². The smallest absolute Gasteiger partial charge is 0.271 e. The Kier molecular flexibility index (Phi) is 5.14. The molecule has 2 rings (SSSR count). The summed E-state index contributed by atoms with van der Waals surface area (Å²) in [6.45, 7) is 1.91. The van der Waals surface area contributed by atoms with Crippen molar-refractivity contribution >= 4 is 44.0 Å². The summed E-state index contributed by atoms with van der Waals surface area (Å²) in [5, 5.41) is 13.5. The standard InChI is InChI=1S/C15H12Br2N2O2/c1-9-2-5-14(20)11(6-9)8-18-19-15(21)10-3-4-12(16)13(17)7-10/h2-8,20H,1H3,(H,19,21)/b18-8+. The topological polar surface area (TPSA) is 61.7 Å². The predicted octanol–water partition coefficient (Wildman–Crippen LogP) is 3.99. The van der Waals surface area contributed by atoms with Gasteiger partial charge >= 0.3 is 0 Å². The Morgan fingerprint density at radius 1 is 1.19 bits per heavy atom. The third kappa shape index (κ3) is 4.15. The quantitative estimate of drug-likeness (QED) is 0.592. The van der Waals surface area contributed by atoms with E-state index in [9.17, 15) is 9.90 Å². The molecule has 0 radical (unpaired) electrons. The van der Waals surface area contributed by atoms with E-state index in [1.54, 1.807) is 36.4 Å². The lowest BCUT2D eigenvalue weighted by Gasteiger charge is -2.03. The second-order valence-electron chi connectivity index (χ2n) is 4.39. The summed E-state index contributed by atoms with van der Waals surface area (Å²) >= 11 is 6.68. The van der Waals surface area contributed by atoms with Crippen LogP contribution in [0.3, 0.4) is 0 Å². The highest BCUT2D eigenvalue weighted by atomic mass is 79.9. The largest absolute Gasteiger partial charge is 0.507 e. The Morgan fingerprint density at radius 3 is 2.67 bits per heavy atom. The molecule has 0 bridgehead atoms. The first-order valence-corrected chi connectivity index (χ1v) is 7.64. The fourth-order valence-corrected chi connectivity index (χ4v) is 2.27. The Bertz CT molecular complexity index is 715. The molecule has 21 heavy (non-hydrogen) atoms. The molecule has 0 fully saturated rings. The van der Waals surface area contributed by atoms with Crippen LogP contribution in [-0.4, -0.2) is 17.2 Å². The van der Waals surface area contributed by atoms with Crippen molar-refractivity contribution in [3.05, 3.63) is 62.0 Å². The van der Waals surface area contributed by atoms with Gasteiger partial charge in [0, 0.05) is 20.1 Å². The van der Waals surface area contributed by atoms with Crippen molar-refractivity contribution in [3.63, 3.8) is 0 Å². The van der Waals surface area contributed by atoms with Crippen molar-refractivity contribution in [2.24, 2.45) is 5.10 Å². The zero-order valence-electron chi connectivity index (χ0n) is 11.1. The third-order valence-electron chi connectivity index (χ3n) is 2.73. The normalized spacial score (nSPS) is 10.8. The van der Waals surface area contributed by atoms with E-state index in [1.807, 2.05) is 6.92 Å². The number of nitrogens with zero attached hydrogens (tertiary/aromatic N) is 1. The molecule has 6 heteroatoms. The maximum atomic E-state index is 11.9. The summed E-state index contributed by atoms with van der Waals surface area (Å²) in [6.07, 6.45) is 1.41. The van der Waals surface area contributed by atoms with Crippen LogP contribution in [0.1, 0.15) is 21.5 Å². The van der Waals surface area contributed by atoms with Crippen molar-refractivity contribution in [2.75, 3.05) is 0 Å². The molecule has 0 spiro atoms. The second-order valence-corrected chi connectivity index (χ2v) is 6.10. The molecule has 0 saturated carbocycles. The van der Waals surface area contributed by atoms with Crippen LogP contribution in [0.4, 0.5) is 0 Å². The van der Waals surface area contributed by atoms with E-state index >= 15 is 0 Å². The molecule has 0 saturated heterocycles. The summed E-state index contributed by atoms with van der Waals surface area (Å²) in [5.74, 6) is -0.212. The third-order valence-corrected chi connectivity index (χ3v) is 4.61. The van der Waals surface area contributed by atoms with Gasteiger partial charge in [-0.25, -0.2) is 5.43 Å². The summed E-state index contributed by atoms with van der Waals surface area (Å²) in [4.78, 5) is 11.9. The molecule has 0 aliphatic heterocycles. The number of aromatic hydroxyl groups is 1. The number of aryl methyl sites for hydroxylation is 1. The van der Waals surface area contributed by atoms with Crippen molar-refractivity contribution in [1.82, 2.24) is 5.43 Å². The number of amides is 1. The first kappa shape index (κ1) is 15.7. The second kappa shape index (κ2) is 6.87. The van der Waals surface area contributed by atoms with Crippen molar-refractivity contribution < 1.29 is 9.90 Å². The fraction of sp³-hybridized carbons (Fsp3) is 0.0667. The van der Waals surface area contributed by atoms with Crippen LogP contribution in [0, 0.1) is 6.92 Å². The van der Waals surface area contributed by atoms with Gasteiger partial charge in [0.25, 0.3) is 5.91 Å². The van der Waals surface area contributed by atoms with Gasteiger partial charge in [0.2, 0.25) is 0 Å². The lowest BCUT2D eigenvalue weighted by atomic mass is 10.1. The number of hydrogen-bond donors (Lipinski definition) is 2. The molecule has 4 nitrogen and oxygen atoms in total. The molecule has 0 aromatic heterocycles. The summed E-state index contributed by atoms with van der Waals surface area (Å²) in [6, 6.07) is 10.3. The highest BCUT2D eigenvalue weighted by molar-refractivity contribution is 9.13. The van der Waals surface area contributed by atoms with Gasteiger partial charge in [-0.15, -0.1) is 0 Å². The van der Waals surface area contributed by atoms with E-state index < -0.39 is 0 Å². The molecule has 1 amide bonds. The summed E-state index contributed by atoms with van der Waals surface area (Å²) in [7, 11) is 0. The molecule has 0 atom stereocenters. The molecule has 0 unspecified atom stereocenters. The summed E-state index contributed by atoms with van der Waals surface area (Å²) in [5.41, 5.74) is 4.45. The fourth-order valence-electron chi connectivity index (χ4n) is 1.64. The van der Waals surface area contributed by atoms with Gasteiger partial charge in [-0.1, -0.05) is 11.6 Å². The number of phenols is 1. The number of benzene rings is 2. The van der Waals surface area contributed by atoms with E-state index in [2.05, 4.69) is 42.4 Å². The van der Waals surface area contributed by atoms with Gasteiger partial charge < -0.3 is 5.11 Å². The lowest BCUT2D eigenvalue weighted by Crippen LogP contribution is -2.17. The van der Waals surface area contributed by atoms with Gasteiger partial charge in [0.15, 0.2) is 0 Å².